The Hall–Kier alpha value is -3.36. The molecular weight excluding hydrogens is 488 g/mol. The zero-order valence-corrected chi connectivity index (χ0v) is 19.6. The molecule has 0 aliphatic heterocycles. The second-order valence-corrected chi connectivity index (χ2v) is 8.53. The molecule has 3 rings (SSSR count). The average Bonchev–Trinajstić information content (AvgIpc) is 2.82. The van der Waals surface area contributed by atoms with Crippen molar-refractivity contribution in [1.82, 2.24) is 5.48 Å². The molecule has 0 aromatic heterocycles. The normalized spacial score (nSPS) is 12.9. The molecule has 0 fully saturated rings. The lowest BCUT2D eigenvalue weighted by Gasteiger charge is -2.26. The number of ether oxygens (including phenoxy) is 1. The number of nitrogens with one attached hydrogen (secondary N) is 2. The summed E-state index contributed by atoms with van der Waals surface area (Å²) in [6.07, 6.45) is 2.85. The third-order valence-corrected chi connectivity index (χ3v) is 5.78. The summed E-state index contributed by atoms with van der Waals surface area (Å²) in [5, 5.41) is 23.1. The number of carbonyl (C=O) groups is 2. The number of amides is 2. The maximum Gasteiger partial charge on any atom is 0.412 e. The van der Waals surface area contributed by atoms with Crippen molar-refractivity contribution in [2.45, 2.75) is 25.9 Å². The number of fused-ring (bicyclic) bond motifs is 1. The molecule has 0 unspecified atom stereocenters. The van der Waals surface area contributed by atoms with Crippen molar-refractivity contribution in [3.05, 3.63) is 82.9 Å². The number of hydrogen-bond donors (Lipinski definition) is 4. The number of allylic oxidation sites excluding steroid dienone is 1. The SMILES string of the molecule is C[C@H](CC/C=C/C(=O)NO)[C@@H](OC(=O)Nc1ccc(Br)cc1)c1ccc(O)c2ccccc12. The summed E-state index contributed by atoms with van der Waals surface area (Å²) < 4.78 is 6.79. The van der Waals surface area contributed by atoms with Gasteiger partial charge < -0.3 is 9.84 Å². The fourth-order valence-electron chi connectivity index (χ4n) is 3.57. The molecular formula is C25H25BrN2O5. The molecule has 0 aliphatic rings. The summed E-state index contributed by atoms with van der Waals surface area (Å²) >= 11 is 3.37. The Labute approximate surface area is 200 Å². The molecule has 0 saturated carbocycles. The third-order valence-electron chi connectivity index (χ3n) is 5.25. The Balaban J connectivity index is 1.85. The van der Waals surface area contributed by atoms with Gasteiger partial charge in [-0.2, -0.15) is 0 Å². The predicted molar refractivity (Wildman–Crippen MR) is 130 cm³/mol. The van der Waals surface area contributed by atoms with Crippen LogP contribution in [0, 0.1) is 5.92 Å². The highest BCUT2D eigenvalue weighted by Gasteiger charge is 2.26. The molecule has 0 heterocycles. The van der Waals surface area contributed by atoms with E-state index in [1.54, 1.807) is 35.8 Å². The van der Waals surface area contributed by atoms with Crippen LogP contribution in [-0.4, -0.2) is 22.3 Å². The fraction of sp³-hybridized carbons (Fsp3) is 0.200. The highest BCUT2D eigenvalue weighted by atomic mass is 79.9. The van der Waals surface area contributed by atoms with E-state index >= 15 is 0 Å². The number of phenolic OH excluding ortho intramolecular Hbond substituents is 1. The average molecular weight is 513 g/mol. The van der Waals surface area contributed by atoms with Crippen LogP contribution in [0.4, 0.5) is 10.5 Å². The van der Waals surface area contributed by atoms with E-state index in [4.69, 9.17) is 9.94 Å². The van der Waals surface area contributed by atoms with Crippen LogP contribution in [-0.2, 0) is 9.53 Å². The Kier molecular flexibility index (Phi) is 8.46. The fourth-order valence-corrected chi connectivity index (χ4v) is 3.84. The van der Waals surface area contributed by atoms with Crippen molar-refractivity contribution in [3.8, 4) is 5.75 Å². The second kappa shape index (κ2) is 11.5. The first kappa shape index (κ1) is 24.3. The van der Waals surface area contributed by atoms with Gasteiger partial charge in [0, 0.05) is 27.2 Å². The summed E-state index contributed by atoms with van der Waals surface area (Å²) in [7, 11) is 0. The third kappa shape index (κ3) is 6.57. The Morgan fingerprint density at radius 3 is 2.45 bits per heavy atom. The van der Waals surface area contributed by atoms with Crippen molar-refractivity contribution < 1.29 is 24.6 Å². The first-order valence-electron chi connectivity index (χ1n) is 10.4. The van der Waals surface area contributed by atoms with E-state index in [2.05, 4.69) is 21.2 Å². The molecule has 2 amide bonds. The molecule has 33 heavy (non-hydrogen) atoms. The van der Waals surface area contributed by atoms with Crippen LogP contribution in [0.3, 0.4) is 0 Å². The standard InChI is InChI=1S/C25H25BrN2O5/c1-16(6-2-5-9-23(30)28-32)24(33-25(31)27-18-12-10-17(26)11-13-18)21-14-15-22(29)20-8-4-3-7-19(20)21/h3-5,7-16,24,29,32H,2,6H2,1H3,(H,27,31)(H,28,30)/b9-5+/t16-,24-/m1/s1. The largest absolute Gasteiger partial charge is 0.507 e. The predicted octanol–water partition coefficient (Wildman–Crippen LogP) is 6.08. The molecule has 7 nitrogen and oxygen atoms in total. The molecule has 0 saturated heterocycles. The molecule has 8 heteroatoms. The smallest absolute Gasteiger partial charge is 0.412 e. The minimum absolute atomic E-state index is 0.115. The highest BCUT2D eigenvalue weighted by molar-refractivity contribution is 9.10. The van der Waals surface area contributed by atoms with Crippen molar-refractivity contribution in [1.29, 1.82) is 0 Å². The van der Waals surface area contributed by atoms with Gasteiger partial charge >= 0.3 is 6.09 Å². The number of anilines is 1. The van der Waals surface area contributed by atoms with Crippen molar-refractivity contribution in [3.63, 3.8) is 0 Å². The summed E-state index contributed by atoms with van der Waals surface area (Å²) in [5.74, 6) is -0.567. The van der Waals surface area contributed by atoms with Crippen LogP contribution in [0.15, 0.2) is 77.3 Å². The number of carbonyl (C=O) groups excluding carboxylic acids is 2. The van der Waals surface area contributed by atoms with E-state index in [0.717, 1.165) is 15.4 Å². The van der Waals surface area contributed by atoms with Crippen LogP contribution in [0.1, 0.15) is 31.4 Å². The lowest BCUT2D eigenvalue weighted by atomic mass is 9.89. The number of aromatic hydroxyl groups is 1. The highest BCUT2D eigenvalue weighted by Crippen LogP contribution is 2.37. The Morgan fingerprint density at radius 2 is 1.76 bits per heavy atom. The monoisotopic (exact) mass is 512 g/mol. The minimum Gasteiger partial charge on any atom is -0.507 e. The van der Waals surface area contributed by atoms with Gasteiger partial charge in [0.1, 0.15) is 11.9 Å². The first-order valence-corrected chi connectivity index (χ1v) is 11.2. The van der Waals surface area contributed by atoms with Crippen LogP contribution < -0.4 is 10.8 Å². The van der Waals surface area contributed by atoms with Crippen LogP contribution >= 0.6 is 15.9 Å². The molecule has 3 aromatic rings. The van der Waals surface area contributed by atoms with Gasteiger partial charge in [0.05, 0.1) is 0 Å². The van der Waals surface area contributed by atoms with Crippen molar-refractivity contribution >= 4 is 44.4 Å². The van der Waals surface area contributed by atoms with Gasteiger partial charge in [0.25, 0.3) is 5.91 Å². The van der Waals surface area contributed by atoms with Gasteiger partial charge in [-0.3, -0.25) is 15.3 Å². The minimum atomic E-state index is -0.606. The summed E-state index contributed by atoms with van der Waals surface area (Å²) in [6, 6.07) is 17.9. The first-order chi connectivity index (χ1) is 15.9. The van der Waals surface area contributed by atoms with Gasteiger partial charge in [-0.05, 0) is 54.5 Å². The molecule has 0 radical (unpaired) electrons. The zero-order valence-electron chi connectivity index (χ0n) is 18.0. The molecule has 4 N–H and O–H groups in total. The zero-order chi connectivity index (χ0) is 23.8. The van der Waals surface area contributed by atoms with Crippen molar-refractivity contribution in [2.24, 2.45) is 5.92 Å². The molecule has 0 aliphatic carbocycles. The van der Waals surface area contributed by atoms with Crippen LogP contribution in [0.2, 0.25) is 0 Å². The van der Waals surface area contributed by atoms with Gasteiger partial charge in [-0.25, -0.2) is 10.3 Å². The van der Waals surface area contributed by atoms with Crippen molar-refractivity contribution in [2.75, 3.05) is 5.32 Å². The quantitative estimate of drug-likeness (QED) is 0.166. The van der Waals surface area contributed by atoms with Gasteiger partial charge in [0.2, 0.25) is 0 Å². The van der Waals surface area contributed by atoms with E-state index in [-0.39, 0.29) is 11.7 Å². The molecule has 0 spiro atoms. The van der Waals surface area contributed by atoms with Gasteiger partial charge in [0.15, 0.2) is 0 Å². The number of benzene rings is 3. The maximum absolute atomic E-state index is 12.8. The topological polar surface area (TPSA) is 108 Å². The van der Waals surface area contributed by atoms with Gasteiger partial charge in [-0.1, -0.05) is 59.3 Å². The lowest BCUT2D eigenvalue weighted by Crippen LogP contribution is -2.22. The Bertz CT molecular complexity index is 1150. The molecule has 3 aromatic carbocycles. The lowest BCUT2D eigenvalue weighted by molar-refractivity contribution is -0.124. The second-order valence-electron chi connectivity index (χ2n) is 7.61. The number of phenols is 1. The summed E-state index contributed by atoms with van der Waals surface area (Å²) in [4.78, 5) is 23.9. The Morgan fingerprint density at radius 1 is 1.06 bits per heavy atom. The van der Waals surface area contributed by atoms with E-state index in [1.807, 2.05) is 43.3 Å². The van der Waals surface area contributed by atoms with E-state index < -0.39 is 18.1 Å². The van der Waals surface area contributed by atoms with E-state index in [0.29, 0.717) is 23.9 Å². The van der Waals surface area contributed by atoms with Crippen LogP contribution in [0.5, 0.6) is 5.75 Å². The number of halogens is 1. The van der Waals surface area contributed by atoms with Crippen LogP contribution in [0.25, 0.3) is 10.8 Å². The molecule has 2 atom stereocenters. The molecule has 172 valence electrons. The molecule has 0 bridgehead atoms. The number of rotatable bonds is 8. The summed E-state index contributed by atoms with van der Waals surface area (Å²) in [6.45, 7) is 1.96. The van der Waals surface area contributed by atoms with E-state index in [1.165, 1.54) is 6.08 Å². The maximum atomic E-state index is 12.8. The van der Waals surface area contributed by atoms with Gasteiger partial charge in [-0.15, -0.1) is 0 Å². The summed E-state index contributed by atoms with van der Waals surface area (Å²) in [5.41, 5.74) is 2.93. The van der Waals surface area contributed by atoms with E-state index in [9.17, 15) is 14.7 Å². The number of hydroxylamine groups is 1. The number of hydrogen-bond acceptors (Lipinski definition) is 5.